The molecule has 15 heavy (non-hydrogen) atoms. The van der Waals surface area contributed by atoms with Crippen LogP contribution in [0.3, 0.4) is 0 Å². The molecule has 0 N–H and O–H groups in total. The van der Waals surface area contributed by atoms with Gasteiger partial charge in [0.05, 0.1) is 7.11 Å². The molecule has 0 saturated heterocycles. The molecule has 1 rings (SSSR count). The van der Waals surface area contributed by atoms with Crippen LogP contribution in [-0.4, -0.2) is 13.1 Å². The Balaban J connectivity index is 2.77. The summed E-state index contributed by atoms with van der Waals surface area (Å²) in [6, 6.07) is 4.12. The van der Waals surface area contributed by atoms with E-state index in [1.54, 1.807) is 17.4 Å². The van der Waals surface area contributed by atoms with Gasteiger partial charge in [0.1, 0.15) is 0 Å². The van der Waals surface area contributed by atoms with Crippen molar-refractivity contribution in [2.24, 2.45) is 0 Å². The SMILES string of the molecule is COC(=O)/C=C/c1ccc(C(C)(C)C)s1. The highest BCUT2D eigenvalue weighted by Crippen LogP contribution is 2.29. The molecule has 0 saturated carbocycles. The minimum Gasteiger partial charge on any atom is -0.466 e. The normalized spacial score (nSPS) is 12.0. The number of carbonyl (C=O) groups is 1. The Labute approximate surface area is 94.6 Å². The highest BCUT2D eigenvalue weighted by Gasteiger charge is 2.15. The number of hydrogen-bond donors (Lipinski definition) is 0. The zero-order valence-corrected chi connectivity index (χ0v) is 10.4. The molecule has 3 heteroatoms. The van der Waals surface area contributed by atoms with Gasteiger partial charge in [-0.15, -0.1) is 11.3 Å². The van der Waals surface area contributed by atoms with Crippen molar-refractivity contribution in [1.82, 2.24) is 0 Å². The molecule has 0 fully saturated rings. The summed E-state index contributed by atoms with van der Waals surface area (Å²) in [6.07, 6.45) is 3.23. The summed E-state index contributed by atoms with van der Waals surface area (Å²) in [5.41, 5.74) is 0.169. The highest BCUT2D eigenvalue weighted by molar-refractivity contribution is 7.13. The third-order valence-corrected chi connectivity index (χ3v) is 3.43. The monoisotopic (exact) mass is 224 g/mol. The first kappa shape index (κ1) is 12.0. The van der Waals surface area contributed by atoms with Crippen molar-refractivity contribution in [3.63, 3.8) is 0 Å². The summed E-state index contributed by atoms with van der Waals surface area (Å²) >= 11 is 1.70. The van der Waals surface area contributed by atoms with E-state index in [1.165, 1.54) is 18.1 Å². The molecule has 1 aromatic heterocycles. The molecular formula is C12H16O2S. The van der Waals surface area contributed by atoms with Gasteiger partial charge in [0, 0.05) is 15.8 Å². The third kappa shape index (κ3) is 3.51. The predicted molar refractivity (Wildman–Crippen MR) is 64.1 cm³/mol. The van der Waals surface area contributed by atoms with Gasteiger partial charge in [-0.1, -0.05) is 20.8 Å². The second kappa shape index (κ2) is 4.62. The van der Waals surface area contributed by atoms with Gasteiger partial charge in [-0.05, 0) is 23.6 Å². The van der Waals surface area contributed by atoms with Crippen molar-refractivity contribution >= 4 is 23.4 Å². The fourth-order valence-electron chi connectivity index (χ4n) is 1.06. The van der Waals surface area contributed by atoms with Crippen LogP contribution in [0.1, 0.15) is 30.5 Å². The largest absolute Gasteiger partial charge is 0.466 e. The van der Waals surface area contributed by atoms with E-state index in [9.17, 15) is 4.79 Å². The van der Waals surface area contributed by atoms with Crippen molar-refractivity contribution in [1.29, 1.82) is 0 Å². The summed E-state index contributed by atoms with van der Waals surface area (Å²) in [7, 11) is 1.38. The quantitative estimate of drug-likeness (QED) is 0.569. The molecule has 0 amide bonds. The molecule has 0 bridgehead atoms. The van der Waals surface area contributed by atoms with Crippen LogP contribution in [0.25, 0.3) is 6.08 Å². The van der Waals surface area contributed by atoms with Crippen LogP contribution in [-0.2, 0) is 14.9 Å². The van der Waals surface area contributed by atoms with Gasteiger partial charge >= 0.3 is 5.97 Å². The van der Waals surface area contributed by atoms with E-state index in [2.05, 4.69) is 31.6 Å². The average molecular weight is 224 g/mol. The molecule has 0 unspecified atom stereocenters. The standard InChI is InChI=1S/C12H16O2S/c1-12(2,3)10-7-5-9(15-10)6-8-11(13)14-4/h5-8H,1-4H3/b8-6+. The molecule has 82 valence electrons. The molecule has 2 nitrogen and oxygen atoms in total. The lowest BCUT2D eigenvalue weighted by molar-refractivity contribution is -0.134. The Kier molecular flexibility index (Phi) is 3.69. The van der Waals surface area contributed by atoms with Crippen LogP contribution >= 0.6 is 11.3 Å². The van der Waals surface area contributed by atoms with Gasteiger partial charge in [0.2, 0.25) is 0 Å². The van der Waals surface area contributed by atoms with E-state index >= 15 is 0 Å². The maximum atomic E-state index is 10.9. The van der Waals surface area contributed by atoms with Crippen molar-refractivity contribution in [2.45, 2.75) is 26.2 Å². The maximum Gasteiger partial charge on any atom is 0.330 e. The zero-order valence-electron chi connectivity index (χ0n) is 9.53. The third-order valence-electron chi connectivity index (χ3n) is 1.95. The van der Waals surface area contributed by atoms with Gasteiger partial charge in [0.25, 0.3) is 0 Å². The van der Waals surface area contributed by atoms with Crippen LogP contribution in [0.5, 0.6) is 0 Å². The Morgan fingerprint density at radius 1 is 1.40 bits per heavy atom. The van der Waals surface area contributed by atoms with Crippen LogP contribution in [0.4, 0.5) is 0 Å². The molecule has 0 spiro atoms. The van der Waals surface area contributed by atoms with E-state index < -0.39 is 0 Å². The molecular weight excluding hydrogens is 208 g/mol. The number of rotatable bonds is 2. The minimum atomic E-state index is -0.319. The summed E-state index contributed by atoms with van der Waals surface area (Å²) in [4.78, 5) is 13.3. The summed E-state index contributed by atoms with van der Waals surface area (Å²) in [5, 5.41) is 0. The molecule has 0 aromatic carbocycles. The van der Waals surface area contributed by atoms with Crippen molar-refractivity contribution < 1.29 is 9.53 Å². The van der Waals surface area contributed by atoms with Crippen LogP contribution in [0.15, 0.2) is 18.2 Å². The fourth-order valence-corrected chi connectivity index (χ4v) is 2.03. The smallest absolute Gasteiger partial charge is 0.330 e. The van der Waals surface area contributed by atoms with Gasteiger partial charge in [-0.3, -0.25) is 0 Å². The van der Waals surface area contributed by atoms with Crippen molar-refractivity contribution in [3.8, 4) is 0 Å². The van der Waals surface area contributed by atoms with Crippen LogP contribution in [0, 0.1) is 0 Å². The lowest BCUT2D eigenvalue weighted by Gasteiger charge is -2.15. The molecule has 0 aliphatic carbocycles. The number of carbonyl (C=O) groups excluding carboxylic acids is 1. The number of ether oxygens (including phenoxy) is 1. The number of methoxy groups -OCH3 is 1. The Morgan fingerprint density at radius 2 is 2.07 bits per heavy atom. The van der Waals surface area contributed by atoms with Gasteiger partial charge < -0.3 is 4.74 Å². The van der Waals surface area contributed by atoms with Crippen LogP contribution in [0.2, 0.25) is 0 Å². The van der Waals surface area contributed by atoms with Crippen molar-refractivity contribution in [3.05, 3.63) is 28.0 Å². The number of thiophene rings is 1. The fraction of sp³-hybridized carbons (Fsp3) is 0.417. The van der Waals surface area contributed by atoms with E-state index in [0.717, 1.165) is 4.88 Å². The van der Waals surface area contributed by atoms with Crippen LogP contribution < -0.4 is 0 Å². The van der Waals surface area contributed by atoms with Crippen molar-refractivity contribution in [2.75, 3.05) is 7.11 Å². The lowest BCUT2D eigenvalue weighted by atomic mass is 9.95. The Morgan fingerprint density at radius 3 is 2.53 bits per heavy atom. The second-order valence-corrected chi connectivity index (χ2v) is 5.42. The maximum absolute atomic E-state index is 10.9. The second-order valence-electron chi connectivity index (χ2n) is 4.31. The molecule has 0 atom stereocenters. The Hall–Kier alpha value is -1.09. The molecule has 0 radical (unpaired) electrons. The molecule has 0 aliphatic rings. The van der Waals surface area contributed by atoms with Gasteiger partial charge in [-0.2, -0.15) is 0 Å². The topological polar surface area (TPSA) is 26.3 Å². The molecule has 1 heterocycles. The Bertz CT molecular complexity index is 369. The minimum absolute atomic E-state index is 0.169. The van der Waals surface area contributed by atoms with E-state index in [1.807, 2.05) is 6.07 Å². The highest BCUT2D eigenvalue weighted by atomic mass is 32.1. The first-order valence-electron chi connectivity index (χ1n) is 4.80. The van der Waals surface area contributed by atoms with Gasteiger partial charge in [0.15, 0.2) is 0 Å². The van der Waals surface area contributed by atoms with E-state index in [-0.39, 0.29) is 11.4 Å². The predicted octanol–water partition coefficient (Wildman–Crippen LogP) is 3.23. The van der Waals surface area contributed by atoms with Gasteiger partial charge in [-0.25, -0.2) is 4.79 Å². The van der Waals surface area contributed by atoms with E-state index in [4.69, 9.17) is 0 Å². The molecule has 0 aliphatic heterocycles. The summed E-state index contributed by atoms with van der Waals surface area (Å²) in [6.45, 7) is 6.52. The zero-order chi connectivity index (χ0) is 11.5. The number of esters is 1. The van der Waals surface area contributed by atoms with E-state index in [0.29, 0.717) is 0 Å². The molecule has 1 aromatic rings. The average Bonchev–Trinajstić information content (AvgIpc) is 2.61. The lowest BCUT2D eigenvalue weighted by Crippen LogP contribution is -2.07. The first-order chi connectivity index (χ1) is 6.93. The summed E-state index contributed by atoms with van der Waals surface area (Å²) < 4.78 is 4.52. The number of hydrogen-bond acceptors (Lipinski definition) is 3. The summed E-state index contributed by atoms with van der Waals surface area (Å²) in [5.74, 6) is -0.319. The first-order valence-corrected chi connectivity index (χ1v) is 5.61.